The summed E-state index contributed by atoms with van der Waals surface area (Å²) in [6, 6.07) is 11.2. The number of phenols is 1. The third-order valence-corrected chi connectivity index (χ3v) is 6.17. The first-order valence-corrected chi connectivity index (χ1v) is 12.2. The molecular formula is C27H36N4O6. The molecule has 5 unspecified atom stereocenters. The van der Waals surface area contributed by atoms with E-state index in [1.165, 1.54) is 19.1 Å². The summed E-state index contributed by atoms with van der Waals surface area (Å²) in [7, 11) is 0. The molecule has 37 heavy (non-hydrogen) atoms. The summed E-state index contributed by atoms with van der Waals surface area (Å²) in [5.74, 6) is -3.24. The van der Waals surface area contributed by atoms with Gasteiger partial charge in [-0.25, -0.2) is 4.79 Å². The van der Waals surface area contributed by atoms with Gasteiger partial charge in [-0.05, 0) is 42.5 Å². The van der Waals surface area contributed by atoms with Crippen LogP contribution in [-0.4, -0.2) is 58.1 Å². The molecule has 0 saturated carbocycles. The topological polar surface area (TPSA) is 171 Å². The highest BCUT2D eigenvalue weighted by atomic mass is 16.4. The molecule has 2 aromatic rings. The molecule has 2 aromatic carbocycles. The summed E-state index contributed by atoms with van der Waals surface area (Å²) in [6.07, 6.45) is 0.835. The number of aromatic hydroxyl groups is 1. The summed E-state index contributed by atoms with van der Waals surface area (Å²) in [5.41, 5.74) is 7.49. The fourth-order valence-corrected chi connectivity index (χ4v) is 3.66. The number of benzene rings is 2. The third-order valence-electron chi connectivity index (χ3n) is 6.17. The standard InChI is InChI=1S/C27H36N4O6/c1-4-16(2)23(26(35)30-22(27(36)37)15-19-10-12-20(32)13-11-19)31-24(33)17(3)29-25(34)21(28)14-18-8-6-5-7-9-18/h5-13,16-17,21-23,32H,4,14-15,28H2,1-3H3,(H,29,34)(H,30,35)(H,31,33)(H,36,37). The molecule has 3 amide bonds. The lowest BCUT2D eigenvalue weighted by atomic mass is 9.97. The van der Waals surface area contributed by atoms with Crippen molar-refractivity contribution in [2.24, 2.45) is 11.7 Å². The molecule has 0 saturated heterocycles. The molecule has 7 N–H and O–H groups in total. The highest BCUT2D eigenvalue weighted by Gasteiger charge is 2.31. The van der Waals surface area contributed by atoms with Gasteiger partial charge < -0.3 is 31.9 Å². The van der Waals surface area contributed by atoms with Crippen molar-refractivity contribution >= 4 is 23.7 Å². The number of hydrogen-bond acceptors (Lipinski definition) is 6. The van der Waals surface area contributed by atoms with Gasteiger partial charge in [0.05, 0.1) is 6.04 Å². The molecule has 0 aromatic heterocycles. The van der Waals surface area contributed by atoms with E-state index in [0.717, 1.165) is 5.56 Å². The maximum atomic E-state index is 13.1. The van der Waals surface area contributed by atoms with E-state index >= 15 is 0 Å². The molecule has 0 heterocycles. The highest BCUT2D eigenvalue weighted by Crippen LogP contribution is 2.13. The van der Waals surface area contributed by atoms with Crippen LogP contribution in [0, 0.1) is 5.92 Å². The van der Waals surface area contributed by atoms with E-state index in [2.05, 4.69) is 16.0 Å². The van der Waals surface area contributed by atoms with Gasteiger partial charge in [-0.15, -0.1) is 0 Å². The predicted molar refractivity (Wildman–Crippen MR) is 138 cm³/mol. The zero-order valence-corrected chi connectivity index (χ0v) is 21.3. The first-order chi connectivity index (χ1) is 17.5. The predicted octanol–water partition coefficient (Wildman–Crippen LogP) is 1.11. The Morgan fingerprint density at radius 1 is 0.811 bits per heavy atom. The van der Waals surface area contributed by atoms with E-state index in [1.807, 2.05) is 37.3 Å². The number of amides is 3. The lowest BCUT2D eigenvalue weighted by Crippen LogP contribution is -2.58. The molecule has 0 radical (unpaired) electrons. The van der Waals surface area contributed by atoms with Crippen LogP contribution in [-0.2, 0) is 32.0 Å². The van der Waals surface area contributed by atoms with Crippen LogP contribution < -0.4 is 21.7 Å². The quantitative estimate of drug-likeness (QED) is 0.233. The van der Waals surface area contributed by atoms with Crippen molar-refractivity contribution in [1.29, 1.82) is 0 Å². The molecule has 0 bridgehead atoms. The van der Waals surface area contributed by atoms with Crippen molar-refractivity contribution in [1.82, 2.24) is 16.0 Å². The molecule has 2 rings (SSSR count). The smallest absolute Gasteiger partial charge is 0.326 e. The number of carbonyl (C=O) groups excluding carboxylic acids is 3. The SMILES string of the molecule is CCC(C)C(NC(=O)C(C)NC(=O)C(N)Cc1ccccc1)C(=O)NC(Cc1ccc(O)cc1)C(=O)O. The van der Waals surface area contributed by atoms with Gasteiger partial charge in [-0.1, -0.05) is 62.7 Å². The van der Waals surface area contributed by atoms with Gasteiger partial charge in [0.2, 0.25) is 17.7 Å². The number of phenolic OH excluding ortho intramolecular Hbond substituents is 1. The number of carboxylic acids is 1. The van der Waals surface area contributed by atoms with E-state index in [-0.39, 0.29) is 18.1 Å². The summed E-state index contributed by atoms with van der Waals surface area (Å²) in [6.45, 7) is 5.09. The molecule has 0 spiro atoms. The molecule has 5 atom stereocenters. The van der Waals surface area contributed by atoms with Gasteiger partial charge in [0.1, 0.15) is 23.9 Å². The number of hydrogen-bond donors (Lipinski definition) is 6. The van der Waals surface area contributed by atoms with Gasteiger partial charge in [0.25, 0.3) is 0 Å². The number of nitrogens with one attached hydrogen (secondary N) is 3. The second-order valence-corrected chi connectivity index (χ2v) is 9.17. The monoisotopic (exact) mass is 512 g/mol. The van der Waals surface area contributed by atoms with E-state index < -0.39 is 47.9 Å². The second-order valence-electron chi connectivity index (χ2n) is 9.17. The molecule has 0 aliphatic heterocycles. The number of carboxylic acid groups (broad SMARTS) is 1. The minimum atomic E-state index is -1.24. The van der Waals surface area contributed by atoms with E-state index in [1.54, 1.807) is 19.1 Å². The van der Waals surface area contributed by atoms with Crippen LogP contribution in [0.3, 0.4) is 0 Å². The Balaban J connectivity index is 2.01. The average Bonchev–Trinajstić information content (AvgIpc) is 2.87. The summed E-state index contributed by atoms with van der Waals surface area (Å²) in [5, 5.41) is 26.8. The normalized spacial score (nSPS) is 14.9. The van der Waals surface area contributed by atoms with E-state index in [9.17, 15) is 29.4 Å². The zero-order chi connectivity index (χ0) is 27.5. The van der Waals surface area contributed by atoms with Crippen molar-refractivity contribution in [2.75, 3.05) is 0 Å². The van der Waals surface area contributed by atoms with Crippen LogP contribution in [0.4, 0.5) is 0 Å². The number of rotatable bonds is 13. The number of carbonyl (C=O) groups is 4. The fraction of sp³-hybridized carbons (Fsp3) is 0.407. The second kappa shape index (κ2) is 14.0. The molecule has 0 aliphatic carbocycles. The van der Waals surface area contributed by atoms with Gasteiger partial charge in [-0.3, -0.25) is 14.4 Å². The Bertz CT molecular complexity index is 1060. The summed E-state index contributed by atoms with van der Waals surface area (Å²) < 4.78 is 0. The lowest BCUT2D eigenvalue weighted by Gasteiger charge is -2.27. The summed E-state index contributed by atoms with van der Waals surface area (Å²) >= 11 is 0. The number of aliphatic carboxylic acids is 1. The van der Waals surface area contributed by atoms with Crippen LogP contribution >= 0.6 is 0 Å². The molecular weight excluding hydrogens is 476 g/mol. The first kappa shape index (κ1) is 29.3. The van der Waals surface area contributed by atoms with Crippen LogP contribution in [0.2, 0.25) is 0 Å². The first-order valence-electron chi connectivity index (χ1n) is 12.2. The lowest BCUT2D eigenvalue weighted by molar-refractivity contribution is -0.142. The summed E-state index contributed by atoms with van der Waals surface area (Å²) in [4.78, 5) is 50.2. The average molecular weight is 513 g/mol. The van der Waals surface area contributed by atoms with Crippen molar-refractivity contribution < 1.29 is 29.4 Å². The van der Waals surface area contributed by atoms with Gasteiger partial charge in [0, 0.05) is 6.42 Å². The third kappa shape index (κ3) is 9.23. The maximum absolute atomic E-state index is 13.1. The van der Waals surface area contributed by atoms with Gasteiger partial charge >= 0.3 is 5.97 Å². The van der Waals surface area contributed by atoms with Crippen molar-refractivity contribution in [3.63, 3.8) is 0 Å². The minimum Gasteiger partial charge on any atom is -0.508 e. The fourth-order valence-electron chi connectivity index (χ4n) is 3.66. The Morgan fingerprint density at radius 3 is 1.97 bits per heavy atom. The highest BCUT2D eigenvalue weighted by molar-refractivity contribution is 5.94. The zero-order valence-electron chi connectivity index (χ0n) is 21.3. The Labute approximate surface area is 216 Å². The molecule has 0 aliphatic rings. The molecule has 10 nitrogen and oxygen atoms in total. The van der Waals surface area contributed by atoms with Crippen molar-refractivity contribution in [3.05, 3.63) is 65.7 Å². The number of nitrogens with two attached hydrogens (primary N) is 1. The Hall–Kier alpha value is -3.92. The van der Waals surface area contributed by atoms with Gasteiger partial charge in [0.15, 0.2) is 0 Å². The largest absolute Gasteiger partial charge is 0.508 e. The Kier molecular flexibility index (Phi) is 11.1. The molecule has 0 fully saturated rings. The van der Waals surface area contributed by atoms with E-state index in [4.69, 9.17) is 5.73 Å². The maximum Gasteiger partial charge on any atom is 0.326 e. The van der Waals surface area contributed by atoms with Crippen LogP contribution in [0.25, 0.3) is 0 Å². The van der Waals surface area contributed by atoms with Crippen LogP contribution in [0.15, 0.2) is 54.6 Å². The Morgan fingerprint density at radius 2 is 1.41 bits per heavy atom. The molecule has 200 valence electrons. The van der Waals surface area contributed by atoms with Gasteiger partial charge in [-0.2, -0.15) is 0 Å². The van der Waals surface area contributed by atoms with E-state index in [0.29, 0.717) is 18.4 Å². The van der Waals surface area contributed by atoms with Crippen LogP contribution in [0.1, 0.15) is 38.3 Å². The van der Waals surface area contributed by atoms with Crippen LogP contribution in [0.5, 0.6) is 5.75 Å². The van der Waals surface area contributed by atoms with Crippen molar-refractivity contribution in [2.45, 2.75) is 64.2 Å². The van der Waals surface area contributed by atoms with Crippen molar-refractivity contribution in [3.8, 4) is 5.75 Å². The minimum absolute atomic E-state index is 0.00567. The molecule has 10 heteroatoms.